The highest BCUT2D eigenvalue weighted by molar-refractivity contribution is 5.54. The molecule has 3 nitrogen and oxygen atoms in total. The zero-order valence-corrected chi connectivity index (χ0v) is 7.70. The number of hydrogen-bond acceptors (Lipinski definition) is 3. The van der Waals surface area contributed by atoms with Crippen molar-refractivity contribution < 1.29 is 5.11 Å². The molecule has 0 atom stereocenters. The number of anilines is 1. The van der Waals surface area contributed by atoms with E-state index < -0.39 is 0 Å². The van der Waals surface area contributed by atoms with Gasteiger partial charge in [0.25, 0.3) is 0 Å². The lowest BCUT2D eigenvalue weighted by Crippen LogP contribution is -1.92. The van der Waals surface area contributed by atoms with Crippen LogP contribution in [0.1, 0.15) is 17.5 Å². The monoisotopic (exact) mass is 178 g/mol. The van der Waals surface area contributed by atoms with E-state index in [9.17, 15) is 0 Å². The van der Waals surface area contributed by atoms with E-state index in [0.29, 0.717) is 12.2 Å². The van der Waals surface area contributed by atoms with Gasteiger partial charge in [-0.2, -0.15) is 0 Å². The summed E-state index contributed by atoms with van der Waals surface area (Å²) in [6, 6.07) is 1.83. The van der Waals surface area contributed by atoms with E-state index in [-0.39, 0.29) is 6.61 Å². The molecule has 0 saturated heterocycles. The van der Waals surface area contributed by atoms with E-state index in [0.717, 1.165) is 11.1 Å². The molecule has 1 aromatic heterocycles. The molecule has 0 aliphatic carbocycles. The van der Waals surface area contributed by atoms with Crippen LogP contribution in [0.2, 0.25) is 0 Å². The van der Waals surface area contributed by atoms with Crippen LogP contribution in [0.4, 0.5) is 5.82 Å². The Morgan fingerprint density at radius 3 is 3.00 bits per heavy atom. The first-order chi connectivity index (χ1) is 6.24. The first-order valence-corrected chi connectivity index (χ1v) is 4.23. The Hall–Kier alpha value is -1.35. The molecule has 0 saturated carbocycles. The first kappa shape index (κ1) is 9.74. The maximum absolute atomic E-state index is 8.57. The molecule has 0 radical (unpaired) electrons. The van der Waals surface area contributed by atoms with E-state index in [2.05, 4.69) is 4.98 Å². The molecule has 0 spiro atoms. The summed E-state index contributed by atoms with van der Waals surface area (Å²) >= 11 is 0. The summed E-state index contributed by atoms with van der Waals surface area (Å²) in [7, 11) is 0. The van der Waals surface area contributed by atoms with Crippen LogP contribution in [-0.2, 0) is 0 Å². The number of nitrogen functional groups attached to an aromatic ring is 1. The van der Waals surface area contributed by atoms with Gasteiger partial charge in [0.05, 0.1) is 0 Å². The summed E-state index contributed by atoms with van der Waals surface area (Å²) in [5.74, 6) is 0.539. The average Bonchev–Trinajstić information content (AvgIpc) is 2.09. The molecule has 3 N–H and O–H groups in total. The molecule has 0 fully saturated rings. The molecule has 70 valence electrons. The summed E-state index contributed by atoms with van der Waals surface area (Å²) in [6.45, 7) is 2.16. The van der Waals surface area contributed by atoms with Crippen molar-refractivity contribution >= 4 is 11.9 Å². The highest BCUT2D eigenvalue weighted by Crippen LogP contribution is 2.11. The molecular formula is C10H14N2O. The fraction of sp³-hybridized carbons (Fsp3) is 0.300. The van der Waals surface area contributed by atoms with Gasteiger partial charge in [-0.25, -0.2) is 4.98 Å². The van der Waals surface area contributed by atoms with Crippen LogP contribution in [-0.4, -0.2) is 16.7 Å². The topological polar surface area (TPSA) is 59.1 Å². The van der Waals surface area contributed by atoms with Gasteiger partial charge >= 0.3 is 0 Å². The summed E-state index contributed by atoms with van der Waals surface area (Å²) < 4.78 is 0. The molecule has 0 aromatic carbocycles. The molecule has 0 aliphatic rings. The molecule has 0 unspecified atom stereocenters. The summed E-state index contributed by atoms with van der Waals surface area (Å²) in [5, 5.41) is 8.57. The highest BCUT2D eigenvalue weighted by Gasteiger charge is 1.94. The second-order valence-corrected chi connectivity index (χ2v) is 2.88. The Bertz CT molecular complexity index is 308. The Labute approximate surface area is 77.9 Å². The van der Waals surface area contributed by atoms with Gasteiger partial charge in [0.2, 0.25) is 0 Å². The molecule has 0 aliphatic heterocycles. The van der Waals surface area contributed by atoms with Crippen molar-refractivity contribution in [3.05, 3.63) is 29.5 Å². The Morgan fingerprint density at radius 2 is 2.38 bits per heavy atom. The smallest absolute Gasteiger partial charge is 0.123 e. The molecule has 0 amide bonds. The number of nitrogens with zero attached hydrogens (tertiary/aromatic N) is 1. The van der Waals surface area contributed by atoms with Gasteiger partial charge in [-0.3, -0.25) is 0 Å². The number of pyridine rings is 1. The number of nitrogens with two attached hydrogens (primary N) is 1. The zero-order chi connectivity index (χ0) is 9.68. The van der Waals surface area contributed by atoms with E-state index >= 15 is 0 Å². The minimum Gasteiger partial charge on any atom is -0.396 e. The largest absolute Gasteiger partial charge is 0.396 e. The third-order valence-corrected chi connectivity index (χ3v) is 1.77. The Morgan fingerprint density at radius 1 is 1.62 bits per heavy atom. The van der Waals surface area contributed by atoms with Crippen LogP contribution in [0.5, 0.6) is 0 Å². The Balaban J connectivity index is 2.77. The van der Waals surface area contributed by atoms with Crippen LogP contribution in [0.25, 0.3) is 6.08 Å². The van der Waals surface area contributed by atoms with Crippen molar-refractivity contribution in [3.63, 3.8) is 0 Å². The lowest BCUT2D eigenvalue weighted by molar-refractivity contribution is 0.303. The zero-order valence-electron chi connectivity index (χ0n) is 7.70. The minimum absolute atomic E-state index is 0.179. The summed E-state index contributed by atoms with van der Waals surface area (Å²) in [6.07, 6.45) is 6.26. The molecule has 1 aromatic rings. The van der Waals surface area contributed by atoms with Gasteiger partial charge in [0, 0.05) is 12.8 Å². The van der Waals surface area contributed by atoms with E-state index in [1.807, 2.05) is 25.1 Å². The second kappa shape index (κ2) is 4.62. The highest BCUT2D eigenvalue weighted by atomic mass is 16.2. The number of aliphatic hydroxyl groups is 1. The normalized spacial score (nSPS) is 10.9. The quantitative estimate of drug-likeness (QED) is 0.734. The summed E-state index contributed by atoms with van der Waals surface area (Å²) in [4.78, 5) is 3.98. The van der Waals surface area contributed by atoms with Gasteiger partial charge in [-0.05, 0) is 30.5 Å². The van der Waals surface area contributed by atoms with E-state index in [1.54, 1.807) is 6.20 Å². The first-order valence-electron chi connectivity index (χ1n) is 4.23. The molecular weight excluding hydrogens is 164 g/mol. The molecule has 1 heterocycles. The van der Waals surface area contributed by atoms with Crippen LogP contribution in [0.15, 0.2) is 18.3 Å². The SMILES string of the molecule is Cc1cc(N)ncc1C=CCCO. The van der Waals surface area contributed by atoms with E-state index in [1.165, 1.54) is 0 Å². The standard InChI is InChI=1S/C10H14N2O/c1-8-6-10(11)12-7-9(8)4-2-3-5-13/h2,4,6-7,13H,3,5H2,1H3,(H2,11,12). The number of hydrogen-bond donors (Lipinski definition) is 2. The van der Waals surface area contributed by atoms with Crippen molar-refractivity contribution in [1.82, 2.24) is 4.98 Å². The number of aromatic nitrogens is 1. The van der Waals surface area contributed by atoms with Gasteiger partial charge in [-0.1, -0.05) is 12.2 Å². The van der Waals surface area contributed by atoms with Crippen molar-refractivity contribution in [2.45, 2.75) is 13.3 Å². The maximum atomic E-state index is 8.57. The van der Waals surface area contributed by atoms with Gasteiger partial charge in [-0.15, -0.1) is 0 Å². The van der Waals surface area contributed by atoms with Gasteiger partial charge in [0.1, 0.15) is 5.82 Å². The van der Waals surface area contributed by atoms with Crippen molar-refractivity contribution in [3.8, 4) is 0 Å². The van der Waals surface area contributed by atoms with Crippen molar-refractivity contribution in [1.29, 1.82) is 0 Å². The lowest BCUT2D eigenvalue weighted by Gasteiger charge is -1.99. The fourth-order valence-electron chi connectivity index (χ4n) is 1.05. The number of rotatable bonds is 3. The van der Waals surface area contributed by atoms with Crippen LogP contribution < -0.4 is 5.73 Å². The average molecular weight is 178 g/mol. The molecule has 1 rings (SSSR count). The fourth-order valence-corrected chi connectivity index (χ4v) is 1.05. The minimum atomic E-state index is 0.179. The summed E-state index contributed by atoms with van der Waals surface area (Å²) in [5.41, 5.74) is 7.65. The van der Waals surface area contributed by atoms with Crippen LogP contribution in [0.3, 0.4) is 0 Å². The molecule has 0 bridgehead atoms. The second-order valence-electron chi connectivity index (χ2n) is 2.88. The molecule has 3 heteroatoms. The number of aliphatic hydroxyl groups excluding tert-OH is 1. The number of aryl methyl sites for hydroxylation is 1. The third kappa shape index (κ3) is 2.87. The van der Waals surface area contributed by atoms with Crippen LogP contribution in [0, 0.1) is 6.92 Å². The van der Waals surface area contributed by atoms with Crippen LogP contribution >= 0.6 is 0 Å². The predicted octanol–water partition coefficient (Wildman–Crippen LogP) is 1.37. The van der Waals surface area contributed by atoms with E-state index in [4.69, 9.17) is 10.8 Å². The van der Waals surface area contributed by atoms with Gasteiger partial charge < -0.3 is 10.8 Å². The maximum Gasteiger partial charge on any atom is 0.123 e. The van der Waals surface area contributed by atoms with Crippen molar-refractivity contribution in [2.75, 3.05) is 12.3 Å². The molecule has 13 heavy (non-hydrogen) atoms. The predicted molar refractivity (Wildman–Crippen MR) is 54.1 cm³/mol. The lowest BCUT2D eigenvalue weighted by atomic mass is 10.1. The van der Waals surface area contributed by atoms with Gasteiger partial charge in [0.15, 0.2) is 0 Å². The van der Waals surface area contributed by atoms with Crippen molar-refractivity contribution in [2.24, 2.45) is 0 Å². The third-order valence-electron chi connectivity index (χ3n) is 1.77. The Kier molecular flexibility index (Phi) is 3.46.